The minimum absolute atomic E-state index is 0.754. The van der Waals surface area contributed by atoms with E-state index in [0.29, 0.717) is 0 Å². The standard InChI is InChI=1S/C9H24N3PS/c10-4-1-7-13(14,8-2-5-11)9-3-6-12/h1-12H2. The summed E-state index contributed by atoms with van der Waals surface area (Å²) >= 11 is 5.74. The SMILES string of the molecule is NCCCP(=S)(CCCN)CCCN. The lowest BCUT2D eigenvalue weighted by Crippen LogP contribution is -2.11. The zero-order valence-corrected chi connectivity index (χ0v) is 10.7. The van der Waals surface area contributed by atoms with Crippen molar-refractivity contribution in [2.75, 3.05) is 38.1 Å². The Bertz CT molecular complexity index is 147. The quantitative estimate of drug-likeness (QED) is 0.511. The molecule has 0 aromatic rings. The second-order valence-electron chi connectivity index (χ2n) is 3.66. The Labute approximate surface area is 92.8 Å². The second-order valence-corrected chi connectivity index (χ2v) is 9.44. The van der Waals surface area contributed by atoms with Crippen molar-refractivity contribution in [3.05, 3.63) is 0 Å². The van der Waals surface area contributed by atoms with Crippen molar-refractivity contribution in [2.24, 2.45) is 17.2 Å². The molecule has 0 amide bonds. The normalized spacial score (nSPS) is 11.9. The molecule has 0 saturated carbocycles. The third-order valence-corrected chi connectivity index (χ3v) is 7.35. The highest BCUT2D eigenvalue weighted by molar-refractivity contribution is 8.14. The van der Waals surface area contributed by atoms with Gasteiger partial charge in [-0.15, -0.1) is 0 Å². The van der Waals surface area contributed by atoms with Gasteiger partial charge in [0.25, 0.3) is 0 Å². The highest BCUT2D eigenvalue weighted by Crippen LogP contribution is 2.47. The van der Waals surface area contributed by atoms with Crippen LogP contribution < -0.4 is 17.2 Å². The number of hydrogen-bond acceptors (Lipinski definition) is 4. The monoisotopic (exact) mass is 237 g/mol. The van der Waals surface area contributed by atoms with Crippen LogP contribution in [0.25, 0.3) is 0 Å². The van der Waals surface area contributed by atoms with Crippen LogP contribution in [0.5, 0.6) is 0 Å². The lowest BCUT2D eigenvalue weighted by atomic mass is 10.5. The average molecular weight is 237 g/mol. The molecule has 0 radical (unpaired) electrons. The third kappa shape index (κ3) is 6.91. The van der Waals surface area contributed by atoms with Crippen LogP contribution >= 0.6 is 6.04 Å². The molecule has 14 heavy (non-hydrogen) atoms. The molecule has 0 atom stereocenters. The molecule has 0 aliphatic rings. The van der Waals surface area contributed by atoms with Crippen LogP contribution in [0.1, 0.15) is 19.3 Å². The van der Waals surface area contributed by atoms with Crippen molar-refractivity contribution in [3.8, 4) is 0 Å². The second kappa shape index (κ2) is 8.81. The first-order valence-electron chi connectivity index (χ1n) is 5.36. The molecule has 0 saturated heterocycles. The summed E-state index contributed by atoms with van der Waals surface area (Å²) in [7, 11) is 0. The van der Waals surface area contributed by atoms with Crippen molar-refractivity contribution < 1.29 is 0 Å². The lowest BCUT2D eigenvalue weighted by Gasteiger charge is -2.21. The van der Waals surface area contributed by atoms with Gasteiger partial charge in [-0.25, -0.2) is 0 Å². The van der Waals surface area contributed by atoms with E-state index in [1.807, 2.05) is 0 Å². The summed E-state index contributed by atoms with van der Waals surface area (Å²) in [5, 5.41) is 0. The van der Waals surface area contributed by atoms with Crippen LogP contribution in [0.2, 0.25) is 0 Å². The van der Waals surface area contributed by atoms with Crippen molar-refractivity contribution in [2.45, 2.75) is 19.3 Å². The van der Waals surface area contributed by atoms with E-state index < -0.39 is 6.04 Å². The molecule has 86 valence electrons. The molecule has 3 nitrogen and oxygen atoms in total. The predicted molar refractivity (Wildman–Crippen MR) is 69.9 cm³/mol. The van der Waals surface area contributed by atoms with E-state index >= 15 is 0 Å². The summed E-state index contributed by atoms with van der Waals surface area (Å²) in [6, 6.07) is -1.18. The molecular formula is C9H24N3PS. The molecule has 5 heteroatoms. The molecule has 0 bridgehead atoms. The summed E-state index contributed by atoms with van der Waals surface area (Å²) in [6.07, 6.45) is 6.60. The average Bonchev–Trinajstić information content (AvgIpc) is 2.21. The van der Waals surface area contributed by atoms with Gasteiger partial charge in [0, 0.05) is 0 Å². The van der Waals surface area contributed by atoms with Gasteiger partial charge in [0.05, 0.1) is 0 Å². The minimum atomic E-state index is -1.18. The van der Waals surface area contributed by atoms with Crippen LogP contribution in [-0.2, 0) is 11.8 Å². The van der Waals surface area contributed by atoms with Crippen molar-refractivity contribution >= 4 is 17.8 Å². The van der Waals surface area contributed by atoms with E-state index in [1.165, 1.54) is 0 Å². The summed E-state index contributed by atoms with van der Waals surface area (Å²) in [6.45, 7) is 2.26. The van der Waals surface area contributed by atoms with Crippen LogP contribution in [0, 0.1) is 0 Å². The van der Waals surface area contributed by atoms with Gasteiger partial charge in [0.15, 0.2) is 0 Å². The van der Waals surface area contributed by atoms with Gasteiger partial charge in [-0.1, -0.05) is 11.8 Å². The van der Waals surface area contributed by atoms with E-state index in [0.717, 1.165) is 57.4 Å². The minimum Gasteiger partial charge on any atom is -0.330 e. The molecule has 0 aliphatic heterocycles. The van der Waals surface area contributed by atoms with Gasteiger partial charge in [0.1, 0.15) is 0 Å². The molecule has 0 unspecified atom stereocenters. The smallest absolute Gasteiger partial charge is 0.00737 e. The highest BCUT2D eigenvalue weighted by Gasteiger charge is 2.14. The van der Waals surface area contributed by atoms with Crippen LogP contribution in [0.15, 0.2) is 0 Å². The molecule has 0 aromatic carbocycles. The highest BCUT2D eigenvalue weighted by atomic mass is 32.4. The van der Waals surface area contributed by atoms with Crippen LogP contribution in [-0.4, -0.2) is 38.1 Å². The Balaban J connectivity index is 3.97. The molecule has 0 aliphatic carbocycles. The first-order chi connectivity index (χ1) is 6.68. The largest absolute Gasteiger partial charge is 0.330 e. The van der Waals surface area contributed by atoms with E-state index in [9.17, 15) is 0 Å². The first kappa shape index (κ1) is 14.5. The zero-order chi connectivity index (χ0) is 10.9. The van der Waals surface area contributed by atoms with Crippen molar-refractivity contribution in [1.29, 1.82) is 0 Å². The van der Waals surface area contributed by atoms with Gasteiger partial charge >= 0.3 is 0 Å². The molecule has 0 heterocycles. The first-order valence-corrected chi connectivity index (χ1v) is 8.71. The maximum absolute atomic E-state index is 5.74. The van der Waals surface area contributed by atoms with E-state index in [2.05, 4.69) is 0 Å². The topological polar surface area (TPSA) is 78.1 Å². The molecule has 0 aromatic heterocycles. The van der Waals surface area contributed by atoms with Gasteiger partial charge in [-0.3, -0.25) is 0 Å². The summed E-state index contributed by atoms with van der Waals surface area (Å²) in [5.41, 5.74) is 16.5. The Kier molecular flexibility index (Phi) is 9.14. The fraction of sp³-hybridized carbons (Fsp3) is 1.00. The van der Waals surface area contributed by atoms with Gasteiger partial charge in [-0.05, 0) is 63.4 Å². The Morgan fingerprint density at radius 3 is 1.21 bits per heavy atom. The summed E-state index contributed by atoms with van der Waals surface area (Å²) in [4.78, 5) is 0. The van der Waals surface area contributed by atoms with Gasteiger partial charge < -0.3 is 17.2 Å². The predicted octanol–water partition coefficient (Wildman–Crippen LogP) is 0.512. The van der Waals surface area contributed by atoms with E-state index in [4.69, 9.17) is 29.0 Å². The maximum Gasteiger partial charge on any atom is -0.00737 e. The van der Waals surface area contributed by atoms with E-state index in [1.54, 1.807) is 0 Å². The number of hydrogen-bond donors (Lipinski definition) is 3. The fourth-order valence-electron chi connectivity index (χ4n) is 1.47. The molecule has 0 rings (SSSR count). The van der Waals surface area contributed by atoms with Crippen molar-refractivity contribution in [1.82, 2.24) is 0 Å². The molecule has 6 N–H and O–H groups in total. The Hall–Kier alpha value is 0.530. The van der Waals surface area contributed by atoms with Crippen LogP contribution in [0.4, 0.5) is 0 Å². The van der Waals surface area contributed by atoms with Gasteiger partial charge in [0.2, 0.25) is 0 Å². The Morgan fingerprint density at radius 1 is 0.714 bits per heavy atom. The fourth-order valence-corrected chi connectivity index (χ4v) is 5.58. The molecule has 0 spiro atoms. The van der Waals surface area contributed by atoms with Crippen LogP contribution in [0.3, 0.4) is 0 Å². The Morgan fingerprint density at radius 2 is 1.00 bits per heavy atom. The number of rotatable bonds is 9. The lowest BCUT2D eigenvalue weighted by molar-refractivity contribution is 0.889. The summed E-state index contributed by atoms with van der Waals surface area (Å²) in [5.74, 6) is 0. The number of nitrogens with two attached hydrogens (primary N) is 3. The molecular weight excluding hydrogens is 213 g/mol. The van der Waals surface area contributed by atoms with Crippen molar-refractivity contribution in [3.63, 3.8) is 0 Å². The van der Waals surface area contributed by atoms with E-state index in [-0.39, 0.29) is 0 Å². The maximum atomic E-state index is 5.74. The third-order valence-electron chi connectivity index (χ3n) is 2.31. The van der Waals surface area contributed by atoms with Gasteiger partial charge in [-0.2, -0.15) is 0 Å². The zero-order valence-electron chi connectivity index (χ0n) is 8.95. The molecule has 0 fully saturated rings. The summed E-state index contributed by atoms with van der Waals surface area (Å²) < 4.78 is 0.